The van der Waals surface area contributed by atoms with E-state index in [1.807, 2.05) is 19.1 Å². The highest BCUT2D eigenvalue weighted by Crippen LogP contribution is 2.18. The zero-order valence-corrected chi connectivity index (χ0v) is 15.0. The van der Waals surface area contributed by atoms with Crippen molar-refractivity contribution in [1.82, 2.24) is 0 Å². The fourth-order valence-corrected chi connectivity index (χ4v) is 2.60. The third kappa shape index (κ3) is 4.59. The second-order valence-electron chi connectivity index (χ2n) is 6.16. The predicted molar refractivity (Wildman–Crippen MR) is 107 cm³/mol. The molecule has 2 amide bonds. The van der Waals surface area contributed by atoms with Crippen LogP contribution in [-0.4, -0.2) is 16.7 Å². The predicted octanol–water partition coefficient (Wildman–Crippen LogP) is 4.41. The number of amides is 2. The molecule has 0 aromatic heterocycles. The van der Waals surface area contributed by atoms with Gasteiger partial charge in [0, 0.05) is 34.6 Å². The zero-order chi connectivity index (χ0) is 20.1. The molecule has 28 heavy (non-hydrogen) atoms. The number of nitrogens with zero attached hydrogens (tertiary/aromatic N) is 1. The minimum atomic E-state index is -0.526. The lowest BCUT2D eigenvalue weighted by Crippen LogP contribution is -2.14. The van der Waals surface area contributed by atoms with Gasteiger partial charge in [0.15, 0.2) is 0 Å². The number of anilines is 2. The molecule has 0 aliphatic heterocycles. The van der Waals surface area contributed by atoms with Gasteiger partial charge in [-0.3, -0.25) is 19.7 Å². The minimum absolute atomic E-state index is 0.0857. The van der Waals surface area contributed by atoms with Crippen molar-refractivity contribution < 1.29 is 14.5 Å². The van der Waals surface area contributed by atoms with E-state index in [1.54, 1.807) is 36.4 Å². The van der Waals surface area contributed by atoms with E-state index in [-0.39, 0.29) is 11.6 Å². The summed E-state index contributed by atoms with van der Waals surface area (Å²) in [6.45, 7) is 1.91. The number of carbonyl (C=O) groups is 2. The Kier molecular flexibility index (Phi) is 5.45. The Morgan fingerprint density at radius 2 is 1.36 bits per heavy atom. The summed E-state index contributed by atoms with van der Waals surface area (Å²) in [6, 6.07) is 19.3. The van der Waals surface area contributed by atoms with E-state index in [9.17, 15) is 19.7 Å². The van der Waals surface area contributed by atoms with Crippen molar-refractivity contribution in [1.29, 1.82) is 0 Å². The lowest BCUT2D eigenvalue weighted by atomic mass is 10.1. The van der Waals surface area contributed by atoms with Gasteiger partial charge < -0.3 is 10.6 Å². The first-order valence-electron chi connectivity index (χ1n) is 8.46. The van der Waals surface area contributed by atoms with Crippen LogP contribution in [0.15, 0.2) is 72.8 Å². The largest absolute Gasteiger partial charge is 0.322 e. The van der Waals surface area contributed by atoms with Gasteiger partial charge in [-0.25, -0.2) is 0 Å². The first kappa shape index (κ1) is 18.8. The average molecular weight is 375 g/mol. The number of rotatable bonds is 5. The molecule has 0 unspecified atom stereocenters. The molecule has 0 radical (unpaired) electrons. The third-order valence-electron chi connectivity index (χ3n) is 4.00. The van der Waals surface area contributed by atoms with Crippen LogP contribution in [0, 0.1) is 17.0 Å². The number of non-ortho nitro benzene ring substituents is 1. The number of benzene rings is 3. The summed E-state index contributed by atoms with van der Waals surface area (Å²) < 4.78 is 0. The highest BCUT2D eigenvalue weighted by atomic mass is 16.6. The minimum Gasteiger partial charge on any atom is -0.322 e. The Morgan fingerprint density at radius 3 is 1.93 bits per heavy atom. The van der Waals surface area contributed by atoms with E-state index in [0.717, 1.165) is 5.56 Å². The van der Waals surface area contributed by atoms with Crippen LogP contribution in [0.4, 0.5) is 17.1 Å². The van der Waals surface area contributed by atoms with Crippen LogP contribution in [0.2, 0.25) is 0 Å². The lowest BCUT2D eigenvalue weighted by Gasteiger charge is -2.09. The van der Waals surface area contributed by atoms with Crippen LogP contribution in [-0.2, 0) is 0 Å². The molecule has 3 rings (SSSR count). The van der Waals surface area contributed by atoms with Gasteiger partial charge in [-0.1, -0.05) is 23.8 Å². The average Bonchev–Trinajstić information content (AvgIpc) is 2.68. The summed E-state index contributed by atoms with van der Waals surface area (Å²) in [5.74, 6) is -0.653. The first-order valence-corrected chi connectivity index (χ1v) is 8.46. The van der Waals surface area contributed by atoms with Gasteiger partial charge in [-0.05, 0) is 49.4 Å². The van der Waals surface area contributed by atoms with E-state index in [4.69, 9.17) is 0 Å². The normalized spacial score (nSPS) is 10.2. The van der Waals surface area contributed by atoms with Crippen molar-refractivity contribution >= 4 is 28.9 Å². The number of nitro benzene ring substituents is 1. The van der Waals surface area contributed by atoms with Crippen molar-refractivity contribution in [3.05, 3.63) is 99.6 Å². The van der Waals surface area contributed by atoms with Crippen molar-refractivity contribution in [2.45, 2.75) is 6.92 Å². The molecule has 7 heteroatoms. The highest BCUT2D eigenvalue weighted by Gasteiger charge is 2.11. The fraction of sp³-hybridized carbons (Fsp3) is 0.0476. The van der Waals surface area contributed by atoms with Gasteiger partial charge in [0.25, 0.3) is 17.5 Å². The topological polar surface area (TPSA) is 101 Å². The Labute approximate surface area is 161 Å². The van der Waals surface area contributed by atoms with Crippen LogP contribution in [0.5, 0.6) is 0 Å². The Balaban J connectivity index is 1.69. The van der Waals surface area contributed by atoms with E-state index in [0.29, 0.717) is 22.5 Å². The number of nitro groups is 1. The molecule has 3 aromatic rings. The van der Waals surface area contributed by atoms with Crippen molar-refractivity contribution in [3.8, 4) is 0 Å². The van der Waals surface area contributed by atoms with Crippen LogP contribution in [0.25, 0.3) is 0 Å². The van der Waals surface area contributed by atoms with E-state index < -0.39 is 10.8 Å². The third-order valence-corrected chi connectivity index (χ3v) is 4.00. The highest BCUT2D eigenvalue weighted by molar-refractivity contribution is 6.06. The second-order valence-corrected chi connectivity index (χ2v) is 6.16. The van der Waals surface area contributed by atoms with Crippen molar-refractivity contribution in [2.24, 2.45) is 0 Å². The Morgan fingerprint density at radius 1 is 0.786 bits per heavy atom. The molecular formula is C21H17N3O4. The molecule has 2 N–H and O–H groups in total. The zero-order valence-electron chi connectivity index (χ0n) is 15.0. The Hall–Kier alpha value is -4.00. The number of aryl methyl sites for hydroxylation is 1. The smallest absolute Gasteiger partial charge is 0.269 e. The molecule has 0 atom stereocenters. The fourth-order valence-electron chi connectivity index (χ4n) is 2.60. The number of hydrogen-bond acceptors (Lipinski definition) is 4. The summed E-state index contributed by atoms with van der Waals surface area (Å²) in [5, 5.41) is 16.2. The van der Waals surface area contributed by atoms with Crippen LogP contribution >= 0.6 is 0 Å². The van der Waals surface area contributed by atoms with Gasteiger partial charge >= 0.3 is 0 Å². The summed E-state index contributed by atoms with van der Waals surface area (Å²) in [4.78, 5) is 34.8. The number of nitrogens with one attached hydrogen (secondary N) is 2. The molecule has 3 aromatic carbocycles. The molecule has 0 aliphatic rings. The number of carbonyl (C=O) groups excluding carboxylic acids is 2. The van der Waals surface area contributed by atoms with Crippen LogP contribution in [0.3, 0.4) is 0 Å². The SMILES string of the molecule is Cc1cccc(C(=O)Nc2cccc(NC(=O)c3ccc([N+](=O)[O-])cc3)c2)c1. The number of hydrogen-bond donors (Lipinski definition) is 2. The quantitative estimate of drug-likeness (QED) is 0.509. The first-order chi connectivity index (χ1) is 13.4. The summed E-state index contributed by atoms with van der Waals surface area (Å²) in [6.07, 6.45) is 0. The molecule has 0 heterocycles. The van der Waals surface area contributed by atoms with Gasteiger partial charge in [-0.15, -0.1) is 0 Å². The van der Waals surface area contributed by atoms with E-state index >= 15 is 0 Å². The van der Waals surface area contributed by atoms with Gasteiger partial charge in [0.2, 0.25) is 0 Å². The Bertz CT molecular complexity index is 1050. The van der Waals surface area contributed by atoms with Crippen LogP contribution in [0.1, 0.15) is 26.3 Å². The summed E-state index contributed by atoms with van der Waals surface area (Å²) in [5.41, 5.74) is 2.76. The maximum Gasteiger partial charge on any atom is 0.269 e. The van der Waals surface area contributed by atoms with Gasteiger partial charge in [-0.2, -0.15) is 0 Å². The van der Waals surface area contributed by atoms with Crippen molar-refractivity contribution in [2.75, 3.05) is 10.6 Å². The van der Waals surface area contributed by atoms with Gasteiger partial charge in [0.05, 0.1) is 4.92 Å². The second kappa shape index (κ2) is 8.13. The standard InChI is InChI=1S/C21H17N3O4/c1-14-4-2-5-16(12-14)21(26)23-18-7-3-6-17(13-18)22-20(25)15-8-10-19(11-9-15)24(27)28/h2-13H,1H3,(H,22,25)(H,23,26). The molecule has 0 saturated heterocycles. The molecule has 0 aliphatic carbocycles. The molecule has 7 nitrogen and oxygen atoms in total. The van der Waals surface area contributed by atoms with Crippen molar-refractivity contribution in [3.63, 3.8) is 0 Å². The molecule has 0 bridgehead atoms. The summed E-state index contributed by atoms with van der Waals surface area (Å²) >= 11 is 0. The maximum absolute atomic E-state index is 12.4. The monoisotopic (exact) mass is 375 g/mol. The lowest BCUT2D eigenvalue weighted by molar-refractivity contribution is -0.384. The van der Waals surface area contributed by atoms with Crippen LogP contribution < -0.4 is 10.6 Å². The molecule has 0 saturated carbocycles. The molecule has 0 spiro atoms. The maximum atomic E-state index is 12.4. The molecule has 0 fully saturated rings. The summed E-state index contributed by atoms with van der Waals surface area (Å²) in [7, 11) is 0. The van der Waals surface area contributed by atoms with E-state index in [2.05, 4.69) is 10.6 Å². The van der Waals surface area contributed by atoms with Gasteiger partial charge in [0.1, 0.15) is 0 Å². The molecule has 140 valence electrons. The molecular weight excluding hydrogens is 358 g/mol. The van der Waals surface area contributed by atoms with E-state index in [1.165, 1.54) is 24.3 Å².